The van der Waals surface area contributed by atoms with Crippen LogP contribution in [0.15, 0.2) is 24.3 Å². The van der Waals surface area contributed by atoms with Crippen molar-refractivity contribution in [1.82, 2.24) is 5.32 Å². The summed E-state index contributed by atoms with van der Waals surface area (Å²) in [7, 11) is 0. The first kappa shape index (κ1) is 14.0. The summed E-state index contributed by atoms with van der Waals surface area (Å²) in [4.78, 5) is 11.6. The van der Waals surface area contributed by atoms with Crippen LogP contribution in [0.3, 0.4) is 0 Å². The van der Waals surface area contributed by atoms with Gasteiger partial charge in [0.25, 0.3) is 0 Å². The van der Waals surface area contributed by atoms with Crippen molar-refractivity contribution in [3.63, 3.8) is 0 Å². The molecule has 0 radical (unpaired) electrons. The number of carbonyl (C=O) groups excluding carboxylic acids is 1. The van der Waals surface area contributed by atoms with Crippen LogP contribution in [-0.4, -0.2) is 23.8 Å². The van der Waals surface area contributed by atoms with E-state index in [1.54, 1.807) is 24.3 Å². The number of aliphatic hydroxyl groups is 1. The molecule has 0 spiro atoms. The van der Waals surface area contributed by atoms with E-state index in [-0.39, 0.29) is 18.7 Å². The highest BCUT2D eigenvalue weighted by atomic mass is 16.3. The average Bonchev–Trinajstić information content (AvgIpc) is 2.32. The number of rotatable bonds is 5. The van der Waals surface area contributed by atoms with E-state index in [9.17, 15) is 4.79 Å². The predicted molar refractivity (Wildman–Crippen MR) is 69.1 cm³/mol. The Morgan fingerprint density at radius 2 is 2.11 bits per heavy atom. The Balaban J connectivity index is 2.47. The van der Waals surface area contributed by atoms with Crippen LogP contribution in [0.2, 0.25) is 0 Å². The number of hydrogen-bond acceptors (Lipinski definition) is 3. The van der Waals surface area contributed by atoms with Crippen LogP contribution in [0.5, 0.6) is 0 Å². The molecule has 0 fully saturated rings. The molecule has 0 heterocycles. The van der Waals surface area contributed by atoms with Crippen molar-refractivity contribution < 1.29 is 9.90 Å². The molecule has 5 heteroatoms. The number of hydrogen-bond donors (Lipinski definition) is 3. The molecule has 0 aliphatic rings. The lowest BCUT2D eigenvalue weighted by atomic mass is 10.1. The predicted octanol–water partition coefficient (Wildman–Crippen LogP) is 1.65. The first-order valence-electron chi connectivity index (χ1n) is 5.80. The van der Waals surface area contributed by atoms with E-state index >= 15 is 0 Å². The van der Waals surface area contributed by atoms with Gasteiger partial charge >= 0.3 is 6.03 Å². The largest absolute Gasteiger partial charge is 0.396 e. The number of aliphatic hydroxyl groups excluding tert-OH is 1. The third kappa shape index (κ3) is 4.85. The van der Waals surface area contributed by atoms with Crippen LogP contribution in [0.1, 0.15) is 18.9 Å². The molecule has 5 nitrogen and oxygen atoms in total. The maximum Gasteiger partial charge on any atom is 0.319 e. The van der Waals surface area contributed by atoms with Crippen molar-refractivity contribution in [3.05, 3.63) is 29.8 Å². The van der Waals surface area contributed by atoms with Gasteiger partial charge < -0.3 is 15.7 Å². The zero-order chi connectivity index (χ0) is 13.4. The summed E-state index contributed by atoms with van der Waals surface area (Å²) >= 11 is 0. The van der Waals surface area contributed by atoms with E-state index in [4.69, 9.17) is 10.4 Å². The highest BCUT2D eigenvalue weighted by Crippen LogP contribution is 2.09. The molecule has 0 aliphatic carbocycles. The maximum atomic E-state index is 11.6. The number of carbonyl (C=O) groups is 1. The molecule has 1 aromatic rings. The second kappa shape index (κ2) is 7.30. The van der Waals surface area contributed by atoms with Gasteiger partial charge in [-0.15, -0.1) is 0 Å². The summed E-state index contributed by atoms with van der Waals surface area (Å²) in [6.07, 6.45) is 0.883. The molecule has 2 amide bonds. The number of nitrogens with one attached hydrogen (secondary N) is 2. The molecule has 0 unspecified atom stereocenters. The molecular formula is C13H17N3O2. The maximum absolute atomic E-state index is 11.6. The molecule has 1 aromatic carbocycles. The fraction of sp³-hybridized carbons (Fsp3) is 0.385. The smallest absolute Gasteiger partial charge is 0.319 e. The molecule has 96 valence electrons. The van der Waals surface area contributed by atoms with Crippen molar-refractivity contribution >= 4 is 11.7 Å². The number of amides is 2. The van der Waals surface area contributed by atoms with Crippen LogP contribution in [0.25, 0.3) is 0 Å². The summed E-state index contributed by atoms with van der Waals surface area (Å²) < 4.78 is 0. The fourth-order valence-electron chi connectivity index (χ4n) is 1.45. The van der Waals surface area contributed by atoms with Crippen molar-refractivity contribution in [2.24, 2.45) is 0 Å². The zero-order valence-electron chi connectivity index (χ0n) is 10.3. The number of nitrogens with zero attached hydrogens (tertiary/aromatic N) is 1. The normalized spacial score (nSPS) is 11.4. The van der Waals surface area contributed by atoms with Crippen molar-refractivity contribution in [1.29, 1.82) is 5.26 Å². The highest BCUT2D eigenvalue weighted by molar-refractivity contribution is 5.89. The van der Waals surface area contributed by atoms with Gasteiger partial charge in [-0.05, 0) is 31.0 Å². The van der Waals surface area contributed by atoms with E-state index in [0.29, 0.717) is 18.5 Å². The molecule has 0 saturated heterocycles. The molecule has 1 atom stereocenters. The van der Waals surface area contributed by atoms with Gasteiger partial charge in [0.1, 0.15) is 0 Å². The summed E-state index contributed by atoms with van der Waals surface area (Å²) in [5.74, 6) is 0. The Labute approximate surface area is 106 Å². The van der Waals surface area contributed by atoms with Gasteiger partial charge in [0.15, 0.2) is 0 Å². The number of nitriles is 1. The van der Waals surface area contributed by atoms with Crippen molar-refractivity contribution in [2.75, 3.05) is 11.9 Å². The summed E-state index contributed by atoms with van der Waals surface area (Å²) in [6.45, 7) is 1.87. The van der Waals surface area contributed by atoms with Crippen LogP contribution in [0.4, 0.5) is 10.5 Å². The molecule has 18 heavy (non-hydrogen) atoms. The van der Waals surface area contributed by atoms with Gasteiger partial charge in [-0.3, -0.25) is 0 Å². The minimum absolute atomic E-state index is 0.0459. The van der Waals surface area contributed by atoms with E-state index < -0.39 is 0 Å². The standard InChI is InChI=1S/C13H17N3O2/c1-10(7-9-17)15-13(18)16-12-4-2-11(3-5-12)6-8-14/h2-5,10,17H,6-7,9H2,1H3,(H2,15,16,18)/t10-/m1/s1. The summed E-state index contributed by atoms with van der Waals surface area (Å²) in [5.41, 5.74) is 1.59. The lowest BCUT2D eigenvalue weighted by Gasteiger charge is -2.13. The van der Waals surface area contributed by atoms with Gasteiger partial charge in [-0.2, -0.15) is 5.26 Å². The first-order valence-corrected chi connectivity index (χ1v) is 5.80. The van der Waals surface area contributed by atoms with Crippen molar-refractivity contribution in [3.8, 4) is 6.07 Å². The zero-order valence-corrected chi connectivity index (χ0v) is 10.3. The monoisotopic (exact) mass is 247 g/mol. The van der Waals surface area contributed by atoms with E-state index in [1.165, 1.54) is 0 Å². The lowest BCUT2D eigenvalue weighted by molar-refractivity contribution is 0.241. The Morgan fingerprint density at radius 3 is 2.67 bits per heavy atom. The van der Waals surface area contributed by atoms with E-state index in [1.807, 2.05) is 6.92 Å². The minimum atomic E-state index is -0.302. The topological polar surface area (TPSA) is 85.2 Å². The number of benzene rings is 1. The summed E-state index contributed by atoms with van der Waals surface area (Å²) in [5, 5.41) is 22.6. The van der Waals surface area contributed by atoms with Gasteiger partial charge in [-0.25, -0.2) is 4.79 Å². The fourth-order valence-corrected chi connectivity index (χ4v) is 1.45. The SMILES string of the molecule is C[C@H](CCO)NC(=O)Nc1ccc(CC#N)cc1. The number of anilines is 1. The van der Waals surface area contributed by atoms with Gasteiger partial charge in [0.2, 0.25) is 0 Å². The average molecular weight is 247 g/mol. The second-order valence-electron chi connectivity index (χ2n) is 4.04. The van der Waals surface area contributed by atoms with E-state index in [0.717, 1.165) is 5.56 Å². The van der Waals surface area contributed by atoms with Crippen molar-refractivity contribution in [2.45, 2.75) is 25.8 Å². The molecular weight excluding hydrogens is 230 g/mol. The quantitative estimate of drug-likeness (QED) is 0.739. The Morgan fingerprint density at radius 1 is 1.44 bits per heavy atom. The molecule has 0 aromatic heterocycles. The number of urea groups is 1. The summed E-state index contributed by atoms with van der Waals surface area (Å²) in [6, 6.07) is 8.79. The molecule has 0 saturated carbocycles. The minimum Gasteiger partial charge on any atom is -0.396 e. The molecule has 3 N–H and O–H groups in total. The Hall–Kier alpha value is -2.06. The lowest BCUT2D eigenvalue weighted by Crippen LogP contribution is -2.36. The van der Waals surface area contributed by atoms with Gasteiger partial charge in [0.05, 0.1) is 12.5 Å². The van der Waals surface area contributed by atoms with Gasteiger partial charge in [-0.1, -0.05) is 12.1 Å². The van der Waals surface area contributed by atoms with Crippen LogP contribution in [0, 0.1) is 11.3 Å². The Kier molecular flexibility index (Phi) is 5.68. The van der Waals surface area contributed by atoms with E-state index in [2.05, 4.69) is 16.7 Å². The van der Waals surface area contributed by atoms with Crippen LogP contribution >= 0.6 is 0 Å². The molecule has 0 bridgehead atoms. The third-order valence-electron chi connectivity index (χ3n) is 2.43. The van der Waals surface area contributed by atoms with Crippen LogP contribution < -0.4 is 10.6 Å². The molecule has 1 rings (SSSR count). The first-order chi connectivity index (χ1) is 8.65. The highest BCUT2D eigenvalue weighted by Gasteiger charge is 2.06. The third-order valence-corrected chi connectivity index (χ3v) is 2.43. The van der Waals surface area contributed by atoms with Gasteiger partial charge in [0, 0.05) is 18.3 Å². The second-order valence-corrected chi connectivity index (χ2v) is 4.04. The molecule has 0 aliphatic heterocycles. The Bertz CT molecular complexity index is 423. The van der Waals surface area contributed by atoms with Crippen LogP contribution in [-0.2, 0) is 6.42 Å².